The van der Waals surface area contributed by atoms with E-state index >= 15 is 0 Å². The Balaban J connectivity index is 1.91. The van der Waals surface area contributed by atoms with E-state index in [9.17, 15) is 27.6 Å². The zero-order valence-corrected chi connectivity index (χ0v) is 17.7. The summed E-state index contributed by atoms with van der Waals surface area (Å²) < 4.78 is 44.2. The molecule has 1 aliphatic rings. The Kier molecular flexibility index (Phi) is 7.85. The summed E-state index contributed by atoms with van der Waals surface area (Å²) in [5.74, 6) is -2.81. The molecule has 2 rings (SSSR count). The second kappa shape index (κ2) is 9.97. The van der Waals surface area contributed by atoms with Crippen molar-refractivity contribution in [3.63, 3.8) is 0 Å². The Morgan fingerprint density at radius 3 is 2.35 bits per heavy atom. The van der Waals surface area contributed by atoms with E-state index in [4.69, 9.17) is 4.74 Å². The highest BCUT2D eigenvalue weighted by Gasteiger charge is 2.43. The smallest absolute Gasteiger partial charge is 0.444 e. The van der Waals surface area contributed by atoms with Gasteiger partial charge in [0.2, 0.25) is 5.91 Å². The fourth-order valence-corrected chi connectivity index (χ4v) is 3.05. The SMILES string of the molecule is CC(C)(C)OC(=O)N1CCC(NC(=O)CN(Cc2ccccn2)C(=O)C(F)(F)F)CC1. The molecule has 8 nitrogen and oxygen atoms in total. The lowest BCUT2D eigenvalue weighted by Gasteiger charge is -2.34. The number of aromatic nitrogens is 1. The number of carbonyl (C=O) groups excluding carboxylic acids is 3. The second-order valence-electron chi connectivity index (χ2n) is 8.29. The van der Waals surface area contributed by atoms with Crippen LogP contribution in [0.15, 0.2) is 24.4 Å². The van der Waals surface area contributed by atoms with Gasteiger partial charge in [0.15, 0.2) is 0 Å². The van der Waals surface area contributed by atoms with Crippen LogP contribution in [0.4, 0.5) is 18.0 Å². The molecule has 1 fully saturated rings. The predicted molar refractivity (Wildman–Crippen MR) is 105 cm³/mol. The predicted octanol–water partition coefficient (Wildman–Crippen LogP) is 2.49. The van der Waals surface area contributed by atoms with Crippen molar-refractivity contribution in [3.05, 3.63) is 30.1 Å². The number of carbonyl (C=O) groups is 3. The molecule has 3 amide bonds. The highest BCUT2D eigenvalue weighted by Crippen LogP contribution is 2.20. The molecule has 172 valence electrons. The molecule has 0 aromatic carbocycles. The fourth-order valence-electron chi connectivity index (χ4n) is 3.05. The van der Waals surface area contributed by atoms with Crippen molar-refractivity contribution in [1.82, 2.24) is 20.1 Å². The fraction of sp³-hybridized carbons (Fsp3) is 0.600. The van der Waals surface area contributed by atoms with Gasteiger partial charge in [-0.1, -0.05) is 6.07 Å². The number of ether oxygens (including phenoxy) is 1. The van der Waals surface area contributed by atoms with E-state index in [1.165, 1.54) is 17.2 Å². The minimum Gasteiger partial charge on any atom is -0.444 e. The van der Waals surface area contributed by atoms with Crippen molar-refractivity contribution in [1.29, 1.82) is 0 Å². The largest absolute Gasteiger partial charge is 0.471 e. The van der Waals surface area contributed by atoms with Crippen LogP contribution >= 0.6 is 0 Å². The van der Waals surface area contributed by atoms with Gasteiger partial charge in [-0.05, 0) is 45.7 Å². The van der Waals surface area contributed by atoms with Gasteiger partial charge in [0, 0.05) is 25.3 Å². The van der Waals surface area contributed by atoms with Gasteiger partial charge in [-0.2, -0.15) is 13.2 Å². The average Bonchev–Trinajstić information content (AvgIpc) is 2.66. The molecule has 1 aromatic rings. The number of nitrogens with one attached hydrogen (secondary N) is 1. The first-order chi connectivity index (χ1) is 14.3. The molecule has 11 heteroatoms. The molecule has 2 heterocycles. The average molecular weight is 444 g/mol. The number of amides is 3. The summed E-state index contributed by atoms with van der Waals surface area (Å²) in [5.41, 5.74) is -0.386. The molecule has 1 aliphatic heterocycles. The topological polar surface area (TPSA) is 91.8 Å². The maximum Gasteiger partial charge on any atom is 0.471 e. The van der Waals surface area contributed by atoms with Gasteiger partial charge in [-0.25, -0.2) is 4.79 Å². The highest BCUT2D eigenvalue weighted by atomic mass is 19.4. The first-order valence-corrected chi connectivity index (χ1v) is 9.88. The molecule has 0 radical (unpaired) electrons. The van der Waals surface area contributed by atoms with E-state index in [0.717, 1.165) is 0 Å². The lowest BCUT2D eigenvalue weighted by molar-refractivity contribution is -0.186. The van der Waals surface area contributed by atoms with Gasteiger partial charge in [-0.3, -0.25) is 14.6 Å². The third-order valence-electron chi connectivity index (χ3n) is 4.45. The van der Waals surface area contributed by atoms with Crippen LogP contribution in [0, 0.1) is 0 Å². The van der Waals surface area contributed by atoms with E-state index in [2.05, 4.69) is 10.3 Å². The standard InChI is InChI=1S/C20H27F3N4O4/c1-19(2,3)31-18(30)26-10-7-14(8-11-26)25-16(28)13-27(17(29)20(21,22)23)12-15-6-4-5-9-24-15/h4-6,9,14H,7-8,10-13H2,1-3H3,(H,25,28). The Hall–Kier alpha value is -2.85. The first-order valence-electron chi connectivity index (χ1n) is 9.88. The summed E-state index contributed by atoms with van der Waals surface area (Å²) in [6.07, 6.45) is -3.30. The van der Waals surface area contributed by atoms with E-state index in [0.29, 0.717) is 30.8 Å². The van der Waals surface area contributed by atoms with Crippen molar-refractivity contribution in [3.8, 4) is 0 Å². The van der Waals surface area contributed by atoms with Gasteiger partial charge in [0.25, 0.3) is 0 Å². The molecule has 0 bridgehead atoms. The summed E-state index contributed by atoms with van der Waals surface area (Å²) in [5, 5.41) is 2.65. The maximum atomic E-state index is 13.0. The van der Waals surface area contributed by atoms with Gasteiger partial charge in [0.1, 0.15) is 12.1 Å². The molecule has 31 heavy (non-hydrogen) atoms. The summed E-state index contributed by atoms with van der Waals surface area (Å²) in [6, 6.07) is 4.33. The third-order valence-corrected chi connectivity index (χ3v) is 4.45. The molecular weight excluding hydrogens is 417 g/mol. The van der Waals surface area contributed by atoms with Crippen molar-refractivity contribution in [2.45, 2.75) is 58.0 Å². The van der Waals surface area contributed by atoms with Gasteiger partial charge >= 0.3 is 18.2 Å². The minimum absolute atomic E-state index is 0.235. The van der Waals surface area contributed by atoms with Gasteiger partial charge < -0.3 is 19.9 Å². The van der Waals surface area contributed by atoms with E-state index in [-0.39, 0.29) is 11.7 Å². The van der Waals surface area contributed by atoms with Crippen LogP contribution in [-0.4, -0.2) is 70.1 Å². The van der Waals surface area contributed by atoms with Crippen LogP contribution in [0.5, 0.6) is 0 Å². The number of hydrogen-bond donors (Lipinski definition) is 1. The molecule has 0 saturated carbocycles. The van der Waals surface area contributed by atoms with Crippen LogP contribution in [0.25, 0.3) is 0 Å². The Labute approximate surface area is 178 Å². The monoisotopic (exact) mass is 444 g/mol. The number of hydrogen-bond acceptors (Lipinski definition) is 5. The molecule has 1 N–H and O–H groups in total. The zero-order chi connectivity index (χ0) is 23.2. The number of pyridine rings is 1. The molecule has 1 saturated heterocycles. The van der Waals surface area contributed by atoms with Crippen LogP contribution < -0.4 is 5.32 Å². The summed E-state index contributed by atoms with van der Waals surface area (Å²) in [4.78, 5) is 42.1. The minimum atomic E-state index is -5.10. The van der Waals surface area contributed by atoms with Crippen LogP contribution in [0.1, 0.15) is 39.3 Å². The number of rotatable bonds is 5. The lowest BCUT2D eigenvalue weighted by Crippen LogP contribution is -2.51. The summed E-state index contributed by atoms with van der Waals surface area (Å²) >= 11 is 0. The van der Waals surface area contributed by atoms with Crippen molar-refractivity contribution >= 4 is 17.9 Å². The van der Waals surface area contributed by atoms with Gasteiger partial charge in [0.05, 0.1) is 12.2 Å². The Morgan fingerprint density at radius 2 is 1.84 bits per heavy atom. The third kappa shape index (κ3) is 8.06. The zero-order valence-electron chi connectivity index (χ0n) is 17.7. The van der Waals surface area contributed by atoms with E-state index in [1.807, 2.05) is 0 Å². The first kappa shape index (κ1) is 24.4. The van der Waals surface area contributed by atoms with Crippen molar-refractivity contribution in [2.24, 2.45) is 0 Å². The van der Waals surface area contributed by atoms with Crippen molar-refractivity contribution in [2.75, 3.05) is 19.6 Å². The molecule has 0 atom stereocenters. The second-order valence-corrected chi connectivity index (χ2v) is 8.29. The lowest BCUT2D eigenvalue weighted by atomic mass is 10.1. The normalized spacial score (nSPS) is 15.4. The van der Waals surface area contributed by atoms with Gasteiger partial charge in [-0.15, -0.1) is 0 Å². The van der Waals surface area contributed by atoms with Crippen molar-refractivity contribution < 1.29 is 32.3 Å². The summed E-state index contributed by atoms with van der Waals surface area (Å²) in [7, 11) is 0. The number of alkyl halides is 3. The maximum absolute atomic E-state index is 13.0. The molecule has 0 aliphatic carbocycles. The molecule has 1 aromatic heterocycles. The van der Waals surface area contributed by atoms with Crippen LogP contribution in [0.2, 0.25) is 0 Å². The molecular formula is C20H27F3N4O4. The highest BCUT2D eigenvalue weighted by molar-refractivity contribution is 5.87. The van der Waals surface area contributed by atoms with E-state index < -0.39 is 42.8 Å². The molecule has 0 spiro atoms. The Morgan fingerprint density at radius 1 is 1.19 bits per heavy atom. The van der Waals surface area contributed by atoms with E-state index in [1.54, 1.807) is 32.9 Å². The summed E-state index contributed by atoms with van der Waals surface area (Å²) in [6.45, 7) is 4.79. The molecule has 0 unspecified atom stereocenters. The van der Waals surface area contributed by atoms with Crippen LogP contribution in [-0.2, 0) is 20.9 Å². The Bertz CT molecular complexity index is 773. The number of likely N-dealkylation sites (tertiary alicyclic amines) is 1. The number of halogens is 3. The quantitative estimate of drug-likeness (QED) is 0.754. The van der Waals surface area contributed by atoms with Crippen LogP contribution in [0.3, 0.4) is 0 Å². The number of piperidine rings is 1. The number of nitrogens with zero attached hydrogens (tertiary/aromatic N) is 3.